The molecule has 0 fully saturated rings. The van der Waals surface area contributed by atoms with E-state index in [0.717, 1.165) is 24.6 Å². The van der Waals surface area contributed by atoms with Crippen molar-refractivity contribution in [3.05, 3.63) is 47.9 Å². The van der Waals surface area contributed by atoms with Gasteiger partial charge in [0.15, 0.2) is 5.96 Å². The maximum atomic E-state index is 5.28. The number of rotatable bonds is 6. The molecule has 0 bridgehead atoms. The van der Waals surface area contributed by atoms with E-state index in [1.165, 1.54) is 5.69 Å². The molecule has 0 aliphatic heterocycles. The minimum Gasteiger partial charge on any atom is -0.481 e. The molecule has 0 radical (unpaired) electrons. The Hall–Kier alpha value is -1.77. The molecule has 0 unspecified atom stereocenters. The van der Waals surface area contributed by atoms with Crippen LogP contribution in [-0.2, 0) is 20.1 Å². The Labute approximate surface area is 161 Å². The second kappa shape index (κ2) is 10.2. The first-order chi connectivity index (χ1) is 11.2. The molecule has 1 N–H and O–H groups in total. The molecule has 0 aromatic carbocycles. The Kier molecular flexibility index (Phi) is 8.59. The molecule has 2 heterocycles. The third-order valence-corrected chi connectivity index (χ3v) is 3.59. The van der Waals surface area contributed by atoms with Crippen molar-refractivity contribution in [1.82, 2.24) is 19.8 Å². The highest BCUT2D eigenvalue weighted by Gasteiger charge is 2.09. The van der Waals surface area contributed by atoms with Gasteiger partial charge in [-0.1, -0.05) is 6.07 Å². The van der Waals surface area contributed by atoms with Crippen LogP contribution in [0.15, 0.2) is 41.7 Å². The maximum Gasteiger partial charge on any atom is 0.218 e. The number of aromatic nitrogens is 2. The number of pyridine rings is 1. The van der Waals surface area contributed by atoms with Crippen molar-refractivity contribution < 1.29 is 4.74 Å². The number of aliphatic imine (C=N–C) groups is 1. The molecule has 0 saturated heterocycles. The molecule has 0 aliphatic rings. The zero-order valence-corrected chi connectivity index (χ0v) is 17.0. The highest BCUT2D eigenvalue weighted by Crippen LogP contribution is 2.14. The van der Waals surface area contributed by atoms with E-state index in [2.05, 4.69) is 32.8 Å². The van der Waals surface area contributed by atoms with Crippen molar-refractivity contribution in [3.63, 3.8) is 0 Å². The van der Waals surface area contributed by atoms with Crippen molar-refractivity contribution in [1.29, 1.82) is 0 Å². The molecule has 0 atom stereocenters. The molecule has 7 heteroatoms. The van der Waals surface area contributed by atoms with Crippen LogP contribution in [0.1, 0.15) is 18.2 Å². The Morgan fingerprint density at radius 3 is 2.79 bits per heavy atom. The van der Waals surface area contributed by atoms with Crippen LogP contribution in [0, 0.1) is 0 Å². The number of nitrogens with zero attached hydrogens (tertiary/aromatic N) is 4. The number of halogens is 1. The molecule has 132 valence electrons. The van der Waals surface area contributed by atoms with Gasteiger partial charge in [-0.3, -0.25) is 0 Å². The molecule has 2 aromatic heterocycles. The van der Waals surface area contributed by atoms with E-state index in [-0.39, 0.29) is 24.0 Å². The van der Waals surface area contributed by atoms with Gasteiger partial charge < -0.3 is 19.5 Å². The molecule has 0 amide bonds. The SMILES string of the molecule is CCNC(=NCc1cccnc1OC)N(C)Cc1cccn1C.I. The summed E-state index contributed by atoms with van der Waals surface area (Å²) in [4.78, 5) is 11.0. The van der Waals surface area contributed by atoms with Gasteiger partial charge >= 0.3 is 0 Å². The lowest BCUT2D eigenvalue weighted by atomic mass is 10.3. The monoisotopic (exact) mass is 443 g/mol. The van der Waals surface area contributed by atoms with Crippen LogP contribution in [0.2, 0.25) is 0 Å². The standard InChI is InChI=1S/C17H25N5O.HI/c1-5-18-17(22(3)13-15-9-7-11-21(15)2)20-12-14-8-6-10-19-16(14)23-4;/h6-11H,5,12-13H2,1-4H3,(H,18,20);1H. The van der Waals surface area contributed by atoms with E-state index in [1.807, 2.05) is 38.5 Å². The zero-order chi connectivity index (χ0) is 16.7. The molecule has 0 saturated carbocycles. The number of aryl methyl sites for hydroxylation is 1. The first-order valence-corrected chi connectivity index (χ1v) is 7.73. The van der Waals surface area contributed by atoms with Gasteiger partial charge in [-0.25, -0.2) is 9.98 Å². The minimum absolute atomic E-state index is 0. The summed E-state index contributed by atoms with van der Waals surface area (Å²) in [7, 11) is 5.71. The molecule has 0 spiro atoms. The van der Waals surface area contributed by atoms with Crippen LogP contribution in [0.4, 0.5) is 0 Å². The largest absolute Gasteiger partial charge is 0.481 e. The van der Waals surface area contributed by atoms with Crippen LogP contribution in [0.3, 0.4) is 0 Å². The van der Waals surface area contributed by atoms with Gasteiger partial charge in [0.1, 0.15) is 0 Å². The van der Waals surface area contributed by atoms with E-state index >= 15 is 0 Å². The zero-order valence-electron chi connectivity index (χ0n) is 14.7. The smallest absolute Gasteiger partial charge is 0.218 e. The first kappa shape index (κ1) is 20.3. The van der Waals surface area contributed by atoms with E-state index in [1.54, 1.807) is 13.3 Å². The number of guanidine groups is 1. The molecule has 0 aliphatic carbocycles. The van der Waals surface area contributed by atoms with E-state index < -0.39 is 0 Å². The van der Waals surface area contributed by atoms with Crippen LogP contribution < -0.4 is 10.1 Å². The van der Waals surface area contributed by atoms with E-state index in [9.17, 15) is 0 Å². The summed E-state index contributed by atoms with van der Waals surface area (Å²) in [5.41, 5.74) is 2.20. The molecule has 24 heavy (non-hydrogen) atoms. The second-order valence-corrected chi connectivity index (χ2v) is 5.31. The predicted molar refractivity (Wildman–Crippen MR) is 108 cm³/mol. The van der Waals surface area contributed by atoms with Gasteiger partial charge in [0, 0.05) is 44.3 Å². The van der Waals surface area contributed by atoms with Gasteiger partial charge in [-0.05, 0) is 25.1 Å². The number of nitrogens with one attached hydrogen (secondary N) is 1. The number of methoxy groups -OCH3 is 1. The van der Waals surface area contributed by atoms with Gasteiger partial charge in [0.25, 0.3) is 0 Å². The van der Waals surface area contributed by atoms with Crippen molar-refractivity contribution in [2.75, 3.05) is 20.7 Å². The van der Waals surface area contributed by atoms with Crippen molar-refractivity contribution >= 4 is 29.9 Å². The summed E-state index contributed by atoms with van der Waals surface area (Å²) in [6.45, 7) is 4.20. The summed E-state index contributed by atoms with van der Waals surface area (Å²) in [6.07, 6.45) is 3.77. The summed E-state index contributed by atoms with van der Waals surface area (Å²) >= 11 is 0. The third-order valence-electron chi connectivity index (χ3n) is 3.59. The lowest BCUT2D eigenvalue weighted by molar-refractivity contribution is 0.392. The molecular weight excluding hydrogens is 417 g/mol. The summed E-state index contributed by atoms with van der Waals surface area (Å²) < 4.78 is 7.40. The van der Waals surface area contributed by atoms with E-state index in [0.29, 0.717) is 12.4 Å². The van der Waals surface area contributed by atoms with Crippen molar-refractivity contribution in [2.45, 2.75) is 20.0 Å². The van der Waals surface area contributed by atoms with E-state index in [4.69, 9.17) is 9.73 Å². The van der Waals surface area contributed by atoms with Gasteiger partial charge in [-0.2, -0.15) is 0 Å². The lowest BCUT2D eigenvalue weighted by Crippen LogP contribution is -2.38. The van der Waals surface area contributed by atoms with Crippen molar-refractivity contribution in [3.8, 4) is 5.88 Å². The van der Waals surface area contributed by atoms with Crippen LogP contribution in [-0.4, -0.2) is 41.1 Å². The van der Waals surface area contributed by atoms with Crippen LogP contribution in [0.5, 0.6) is 5.88 Å². The highest BCUT2D eigenvalue weighted by atomic mass is 127. The Bertz CT molecular complexity index is 656. The maximum absolute atomic E-state index is 5.28. The number of hydrogen-bond acceptors (Lipinski definition) is 3. The fraction of sp³-hybridized carbons (Fsp3) is 0.412. The van der Waals surface area contributed by atoms with Gasteiger partial charge in [0.05, 0.1) is 20.2 Å². The topological polar surface area (TPSA) is 54.7 Å². The molecule has 2 rings (SSSR count). The normalized spacial score (nSPS) is 10.9. The fourth-order valence-electron chi connectivity index (χ4n) is 2.34. The van der Waals surface area contributed by atoms with Crippen LogP contribution in [0.25, 0.3) is 0 Å². The quantitative estimate of drug-likeness (QED) is 0.424. The average molecular weight is 443 g/mol. The van der Waals surface area contributed by atoms with Gasteiger partial charge in [0.2, 0.25) is 5.88 Å². The molecule has 2 aromatic rings. The number of ether oxygens (including phenoxy) is 1. The number of hydrogen-bond donors (Lipinski definition) is 1. The summed E-state index contributed by atoms with van der Waals surface area (Å²) in [5, 5.41) is 3.33. The van der Waals surface area contributed by atoms with Gasteiger partial charge in [-0.15, -0.1) is 24.0 Å². The molecular formula is C17H26IN5O. The average Bonchev–Trinajstić information content (AvgIpc) is 2.96. The first-order valence-electron chi connectivity index (χ1n) is 7.73. The minimum atomic E-state index is 0. The fourth-order valence-corrected chi connectivity index (χ4v) is 2.34. The Morgan fingerprint density at radius 1 is 1.38 bits per heavy atom. The highest BCUT2D eigenvalue weighted by molar-refractivity contribution is 14.0. The predicted octanol–water partition coefficient (Wildman–Crippen LogP) is 2.64. The van der Waals surface area contributed by atoms with Crippen LogP contribution >= 0.6 is 24.0 Å². The van der Waals surface area contributed by atoms with Crippen molar-refractivity contribution in [2.24, 2.45) is 12.0 Å². The Morgan fingerprint density at radius 2 is 2.17 bits per heavy atom. The lowest BCUT2D eigenvalue weighted by Gasteiger charge is -2.22. The molecule has 6 nitrogen and oxygen atoms in total. The summed E-state index contributed by atoms with van der Waals surface area (Å²) in [6, 6.07) is 8.04. The second-order valence-electron chi connectivity index (χ2n) is 5.31. The summed E-state index contributed by atoms with van der Waals surface area (Å²) in [5.74, 6) is 1.48. The Balaban J connectivity index is 0.00000288. The third kappa shape index (κ3) is 5.40.